The van der Waals surface area contributed by atoms with Gasteiger partial charge < -0.3 is 49.1 Å². The lowest BCUT2D eigenvalue weighted by Crippen LogP contribution is -2.58. The monoisotopic (exact) mass is 537 g/mol. The van der Waals surface area contributed by atoms with Crippen molar-refractivity contribution in [3.8, 4) is 5.75 Å². The van der Waals surface area contributed by atoms with E-state index in [9.17, 15) is 43.8 Å². The quantitative estimate of drug-likeness (QED) is 0.0979. The average Bonchev–Trinajstić information content (AvgIpc) is 2.80. The van der Waals surface area contributed by atoms with Gasteiger partial charge in [-0.05, 0) is 24.1 Å². The maximum atomic E-state index is 12.9. The molecule has 0 bridgehead atoms. The normalized spacial score (nSPS) is 13.7. The van der Waals surface area contributed by atoms with E-state index in [1.807, 2.05) is 0 Å². The fourth-order valence-corrected chi connectivity index (χ4v) is 3.17. The molecule has 0 saturated heterocycles. The Hall–Kier alpha value is -4.73. The molecule has 16 heteroatoms. The van der Waals surface area contributed by atoms with Crippen molar-refractivity contribution >= 4 is 41.4 Å². The van der Waals surface area contributed by atoms with Crippen LogP contribution in [-0.4, -0.2) is 75.8 Å². The van der Waals surface area contributed by atoms with Crippen molar-refractivity contribution in [1.82, 2.24) is 16.0 Å². The summed E-state index contributed by atoms with van der Waals surface area (Å²) in [6.45, 7) is 0. The van der Waals surface area contributed by atoms with Crippen LogP contribution in [0.25, 0.3) is 0 Å². The molecule has 0 aliphatic heterocycles. The molecule has 1 aromatic rings. The van der Waals surface area contributed by atoms with Crippen LogP contribution >= 0.6 is 0 Å². The zero-order chi connectivity index (χ0) is 29.0. The molecule has 0 aliphatic carbocycles. The van der Waals surface area contributed by atoms with Crippen LogP contribution in [0.3, 0.4) is 0 Å². The first-order valence-electron chi connectivity index (χ1n) is 11.2. The van der Waals surface area contributed by atoms with E-state index in [1.54, 1.807) is 0 Å². The van der Waals surface area contributed by atoms with Crippen molar-refractivity contribution in [2.24, 2.45) is 22.9 Å². The van der Waals surface area contributed by atoms with E-state index < -0.39 is 78.4 Å². The Balaban J connectivity index is 3.05. The molecule has 0 saturated carbocycles. The van der Waals surface area contributed by atoms with Gasteiger partial charge in [0, 0.05) is 12.8 Å². The van der Waals surface area contributed by atoms with Gasteiger partial charge >= 0.3 is 5.97 Å². The standard InChI is InChI=1S/C22H31N7O9/c23-12(8-17(25)32)19(34)27-13(5-6-16(24)31)20(35)28-14(9-18(26)33)21(36)29-15(22(37)38)7-10-1-3-11(30)4-2-10/h1-4,12-15,30H,5-9,23H2,(H2,24,31)(H2,25,32)(H2,26,33)(H,27,34)(H,28,35)(H,29,36)(H,37,38). The van der Waals surface area contributed by atoms with Gasteiger partial charge in [0.15, 0.2) is 0 Å². The third-order valence-corrected chi connectivity index (χ3v) is 5.10. The molecule has 38 heavy (non-hydrogen) atoms. The highest BCUT2D eigenvalue weighted by Gasteiger charge is 2.31. The first-order valence-corrected chi connectivity index (χ1v) is 11.2. The second-order valence-corrected chi connectivity index (χ2v) is 8.34. The molecule has 208 valence electrons. The molecule has 6 amide bonds. The van der Waals surface area contributed by atoms with Gasteiger partial charge in [-0.15, -0.1) is 0 Å². The maximum Gasteiger partial charge on any atom is 0.326 e. The molecule has 4 unspecified atom stereocenters. The van der Waals surface area contributed by atoms with Crippen LogP contribution in [-0.2, 0) is 40.0 Å². The molecular formula is C22H31N7O9. The lowest BCUT2D eigenvalue weighted by atomic mass is 10.0. The minimum Gasteiger partial charge on any atom is -0.508 e. The highest BCUT2D eigenvalue weighted by Crippen LogP contribution is 2.12. The predicted octanol–water partition coefficient (Wildman–Crippen LogP) is -4.18. The van der Waals surface area contributed by atoms with Crippen LogP contribution in [0.5, 0.6) is 5.75 Å². The molecular weight excluding hydrogens is 506 g/mol. The highest BCUT2D eigenvalue weighted by atomic mass is 16.4. The van der Waals surface area contributed by atoms with E-state index in [2.05, 4.69) is 16.0 Å². The Kier molecular flexibility index (Phi) is 12.1. The van der Waals surface area contributed by atoms with Crippen LogP contribution in [0, 0.1) is 0 Å². The van der Waals surface area contributed by atoms with Gasteiger partial charge in [0.05, 0.1) is 18.9 Å². The van der Waals surface area contributed by atoms with Gasteiger partial charge in [0.2, 0.25) is 35.4 Å². The summed E-state index contributed by atoms with van der Waals surface area (Å²) in [4.78, 5) is 83.5. The van der Waals surface area contributed by atoms with Crippen LogP contribution < -0.4 is 38.9 Å². The van der Waals surface area contributed by atoms with Crippen molar-refractivity contribution in [2.45, 2.75) is 56.3 Å². The van der Waals surface area contributed by atoms with Crippen molar-refractivity contribution < 1.29 is 43.8 Å². The van der Waals surface area contributed by atoms with E-state index >= 15 is 0 Å². The molecule has 0 spiro atoms. The highest BCUT2D eigenvalue weighted by molar-refractivity contribution is 5.96. The van der Waals surface area contributed by atoms with E-state index in [1.165, 1.54) is 24.3 Å². The molecule has 4 atom stereocenters. The summed E-state index contributed by atoms with van der Waals surface area (Å²) in [7, 11) is 0. The summed E-state index contributed by atoms with van der Waals surface area (Å²) < 4.78 is 0. The summed E-state index contributed by atoms with van der Waals surface area (Å²) in [5.41, 5.74) is 21.3. The number of nitrogens with two attached hydrogens (primary N) is 4. The predicted molar refractivity (Wildman–Crippen MR) is 129 cm³/mol. The van der Waals surface area contributed by atoms with Gasteiger partial charge in [0.25, 0.3) is 0 Å². The first kappa shape index (κ1) is 31.3. The lowest BCUT2D eigenvalue weighted by molar-refractivity contribution is -0.142. The second kappa shape index (κ2) is 14.7. The number of aliphatic carboxylic acids is 1. The summed E-state index contributed by atoms with van der Waals surface area (Å²) in [5.74, 6) is -7.28. The molecule has 1 aromatic carbocycles. The topological polar surface area (TPSA) is 300 Å². The minimum absolute atomic E-state index is 0.0533. The number of primary amides is 3. The third kappa shape index (κ3) is 11.3. The largest absolute Gasteiger partial charge is 0.508 e. The van der Waals surface area contributed by atoms with Gasteiger partial charge in [-0.25, -0.2) is 4.79 Å². The van der Waals surface area contributed by atoms with Crippen molar-refractivity contribution in [1.29, 1.82) is 0 Å². The first-order chi connectivity index (χ1) is 17.7. The summed E-state index contributed by atoms with van der Waals surface area (Å²) in [6.07, 6.45) is -2.18. The second-order valence-electron chi connectivity index (χ2n) is 8.34. The number of aromatic hydroxyl groups is 1. The number of rotatable bonds is 16. The molecule has 0 aliphatic rings. The number of carbonyl (C=O) groups excluding carboxylic acids is 6. The molecule has 0 heterocycles. The number of phenolic OH excluding ortho intramolecular Hbond substituents is 1. The van der Waals surface area contributed by atoms with Gasteiger partial charge in [-0.3, -0.25) is 28.8 Å². The number of carbonyl (C=O) groups is 7. The van der Waals surface area contributed by atoms with Crippen LogP contribution in [0.1, 0.15) is 31.2 Å². The maximum absolute atomic E-state index is 12.9. The number of benzene rings is 1. The van der Waals surface area contributed by atoms with Crippen LogP contribution in [0.2, 0.25) is 0 Å². The number of hydrogen-bond donors (Lipinski definition) is 9. The van der Waals surface area contributed by atoms with E-state index in [4.69, 9.17) is 22.9 Å². The van der Waals surface area contributed by atoms with Crippen molar-refractivity contribution in [3.05, 3.63) is 29.8 Å². The Labute approximate surface area is 216 Å². The van der Waals surface area contributed by atoms with Gasteiger partial charge in [-0.2, -0.15) is 0 Å². The van der Waals surface area contributed by atoms with Crippen LogP contribution in [0.15, 0.2) is 24.3 Å². The SMILES string of the molecule is NC(=O)CCC(NC(=O)C(N)CC(N)=O)C(=O)NC(CC(N)=O)C(=O)NC(Cc1ccc(O)cc1)C(=O)O. The Bertz CT molecular complexity index is 1060. The van der Waals surface area contributed by atoms with E-state index in [-0.39, 0.29) is 25.0 Å². The Morgan fingerprint density at radius 2 is 1.21 bits per heavy atom. The number of amides is 6. The molecule has 0 radical (unpaired) electrons. The molecule has 1 rings (SSSR count). The summed E-state index contributed by atoms with van der Waals surface area (Å²) >= 11 is 0. The zero-order valence-electron chi connectivity index (χ0n) is 20.2. The van der Waals surface area contributed by atoms with Crippen molar-refractivity contribution in [3.63, 3.8) is 0 Å². The third-order valence-electron chi connectivity index (χ3n) is 5.10. The van der Waals surface area contributed by atoms with Gasteiger partial charge in [0.1, 0.15) is 23.9 Å². The smallest absolute Gasteiger partial charge is 0.326 e. The Morgan fingerprint density at radius 3 is 1.71 bits per heavy atom. The van der Waals surface area contributed by atoms with E-state index in [0.29, 0.717) is 5.56 Å². The summed E-state index contributed by atoms with van der Waals surface area (Å²) in [6, 6.07) is -0.527. The average molecular weight is 538 g/mol. The zero-order valence-corrected chi connectivity index (χ0v) is 20.2. The van der Waals surface area contributed by atoms with Gasteiger partial charge in [-0.1, -0.05) is 12.1 Å². The number of carboxylic acid groups (broad SMARTS) is 1. The molecule has 13 N–H and O–H groups in total. The van der Waals surface area contributed by atoms with Crippen LogP contribution in [0.4, 0.5) is 0 Å². The van der Waals surface area contributed by atoms with E-state index in [0.717, 1.165) is 0 Å². The molecule has 0 fully saturated rings. The number of hydrogen-bond acceptors (Lipinski definition) is 9. The fourth-order valence-electron chi connectivity index (χ4n) is 3.17. The number of nitrogens with one attached hydrogen (secondary N) is 3. The minimum atomic E-state index is -1.66. The summed E-state index contributed by atoms with van der Waals surface area (Å²) in [5, 5.41) is 25.5. The number of carboxylic acids is 1. The molecule has 0 aromatic heterocycles. The van der Waals surface area contributed by atoms with Crippen molar-refractivity contribution in [2.75, 3.05) is 0 Å². The lowest BCUT2D eigenvalue weighted by Gasteiger charge is -2.24. The molecule has 16 nitrogen and oxygen atoms in total. The number of phenols is 1. The Morgan fingerprint density at radius 1 is 0.711 bits per heavy atom. The fraction of sp³-hybridized carbons (Fsp3) is 0.409.